The average Bonchev–Trinajstić information content (AvgIpc) is 2.74. The van der Waals surface area contributed by atoms with Gasteiger partial charge in [0.1, 0.15) is 4.21 Å². The molecule has 5 heteroatoms. The van der Waals surface area contributed by atoms with E-state index in [-0.39, 0.29) is 5.54 Å². The summed E-state index contributed by atoms with van der Waals surface area (Å²) in [5, 5.41) is 1.83. The van der Waals surface area contributed by atoms with Crippen molar-refractivity contribution in [2.45, 2.75) is 62.1 Å². The van der Waals surface area contributed by atoms with Crippen molar-refractivity contribution < 1.29 is 8.42 Å². The van der Waals surface area contributed by atoms with E-state index in [1.807, 2.05) is 11.4 Å². The molecule has 0 aliphatic heterocycles. The number of hydrogen-bond acceptors (Lipinski definition) is 3. The van der Waals surface area contributed by atoms with Gasteiger partial charge in [-0.1, -0.05) is 19.9 Å². The van der Waals surface area contributed by atoms with Gasteiger partial charge in [0.25, 0.3) is 10.0 Å². The predicted octanol–water partition coefficient (Wildman–Crippen LogP) is 3.78. The molecule has 5 rings (SSSR count). The van der Waals surface area contributed by atoms with E-state index >= 15 is 0 Å². The highest BCUT2D eigenvalue weighted by atomic mass is 32.2. The zero-order chi connectivity index (χ0) is 14.9. The predicted molar refractivity (Wildman–Crippen MR) is 84.8 cm³/mol. The minimum absolute atomic E-state index is 0.203. The van der Waals surface area contributed by atoms with Crippen LogP contribution in [0.15, 0.2) is 21.7 Å². The zero-order valence-corrected chi connectivity index (χ0v) is 14.3. The molecule has 4 aliphatic rings. The van der Waals surface area contributed by atoms with Gasteiger partial charge in [-0.3, -0.25) is 0 Å². The summed E-state index contributed by atoms with van der Waals surface area (Å²) in [6, 6.07) is 3.51. The molecule has 4 fully saturated rings. The Morgan fingerprint density at radius 1 is 1.14 bits per heavy atom. The largest absolute Gasteiger partial charge is 0.250 e. The first-order valence-electron chi connectivity index (χ1n) is 7.79. The maximum Gasteiger partial charge on any atom is 0.250 e. The lowest BCUT2D eigenvalue weighted by Gasteiger charge is -2.65. The van der Waals surface area contributed by atoms with Gasteiger partial charge in [0.05, 0.1) is 0 Å². The molecule has 4 aliphatic carbocycles. The molecule has 116 valence electrons. The van der Waals surface area contributed by atoms with Crippen molar-refractivity contribution in [1.82, 2.24) is 4.72 Å². The smallest absolute Gasteiger partial charge is 0.206 e. The molecular weight excluding hydrogens is 302 g/mol. The van der Waals surface area contributed by atoms with Crippen LogP contribution in [0.25, 0.3) is 0 Å². The third-order valence-electron chi connectivity index (χ3n) is 5.74. The first kappa shape index (κ1) is 14.2. The summed E-state index contributed by atoms with van der Waals surface area (Å²) >= 11 is 1.31. The molecule has 4 saturated carbocycles. The molecule has 1 heterocycles. The second-order valence-electron chi connectivity index (χ2n) is 8.45. The molecule has 0 aromatic carbocycles. The Bertz CT molecular complexity index is 646. The Balaban J connectivity index is 1.69. The highest BCUT2D eigenvalue weighted by molar-refractivity contribution is 7.91. The summed E-state index contributed by atoms with van der Waals surface area (Å²) in [6.07, 6.45) is 6.88. The maximum atomic E-state index is 12.7. The highest BCUT2D eigenvalue weighted by Crippen LogP contribution is 2.66. The van der Waals surface area contributed by atoms with Crippen LogP contribution in [0.5, 0.6) is 0 Å². The molecule has 3 nitrogen and oxygen atoms in total. The first-order chi connectivity index (χ1) is 9.72. The third-order valence-corrected chi connectivity index (χ3v) is 8.71. The van der Waals surface area contributed by atoms with E-state index in [0.29, 0.717) is 21.0 Å². The second-order valence-corrected chi connectivity index (χ2v) is 11.3. The van der Waals surface area contributed by atoms with Crippen LogP contribution in [-0.2, 0) is 10.0 Å². The van der Waals surface area contributed by atoms with Gasteiger partial charge in [0.2, 0.25) is 0 Å². The molecule has 1 aromatic rings. The molecule has 1 aromatic heterocycles. The van der Waals surface area contributed by atoms with Crippen molar-refractivity contribution in [3.8, 4) is 0 Å². The topological polar surface area (TPSA) is 46.2 Å². The molecule has 0 spiro atoms. The van der Waals surface area contributed by atoms with E-state index in [1.54, 1.807) is 6.07 Å². The van der Waals surface area contributed by atoms with Crippen LogP contribution in [-0.4, -0.2) is 14.0 Å². The Morgan fingerprint density at radius 2 is 1.81 bits per heavy atom. The highest BCUT2D eigenvalue weighted by Gasteiger charge is 2.61. The van der Waals surface area contributed by atoms with Crippen molar-refractivity contribution in [3.63, 3.8) is 0 Å². The van der Waals surface area contributed by atoms with Crippen LogP contribution in [0.1, 0.15) is 52.4 Å². The lowest BCUT2D eigenvalue weighted by molar-refractivity contribution is -0.110. The standard InChI is InChI=1S/C16H23NO2S2/c1-14-6-12-7-15(2,9-14)11-16(8-12,10-14)17-21(18,19)13-4-3-5-20-13/h3-5,12,17H,6-11H2,1-2H3. The Morgan fingerprint density at radius 3 is 2.33 bits per heavy atom. The summed E-state index contributed by atoms with van der Waals surface area (Å²) in [7, 11) is -3.36. The fourth-order valence-electron chi connectivity index (χ4n) is 6.31. The van der Waals surface area contributed by atoms with Gasteiger partial charge in [0.15, 0.2) is 0 Å². The van der Waals surface area contributed by atoms with Gasteiger partial charge in [-0.25, -0.2) is 13.1 Å². The second kappa shape index (κ2) is 4.12. The minimum Gasteiger partial charge on any atom is -0.206 e. The van der Waals surface area contributed by atoms with Crippen LogP contribution < -0.4 is 4.72 Å². The number of hydrogen-bond donors (Lipinski definition) is 1. The molecule has 0 amide bonds. The molecule has 2 atom stereocenters. The van der Waals surface area contributed by atoms with Crippen LogP contribution in [0.2, 0.25) is 0 Å². The van der Waals surface area contributed by atoms with Crippen LogP contribution in [0, 0.1) is 16.7 Å². The van der Waals surface area contributed by atoms with Crippen molar-refractivity contribution >= 4 is 21.4 Å². The molecule has 21 heavy (non-hydrogen) atoms. The van der Waals surface area contributed by atoms with Crippen molar-refractivity contribution in [2.24, 2.45) is 16.7 Å². The van der Waals surface area contributed by atoms with Crippen LogP contribution in [0.4, 0.5) is 0 Å². The van der Waals surface area contributed by atoms with Crippen LogP contribution >= 0.6 is 11.3 Å². The van der Waals surface area contributed by atoms with Gasteiger partial charge in [-0.2, -0.15) is 0 Å². The molecule has 2 unspecified atom stereocenters. The number of rotatable bonds is 3. The zero-order valence-electron chi connectivity index (χ0n) is 12.7. The Hall–Kier alpha value is -0.390. The van der Waals surface area contributed by atoms with E-state index in [2.05, 4.69) is 18.6 Å². The minimum atomic E-state index is -3.36. The van der Waals surface area contributed by atoms with Crippen molar-refractivity contribution in [2.75, 3.05) is 0 Å². The summed E-state index contributed by atoms with van der Waals surface area (Å²) in [5.74, 6) is 0.697. The molecule has 1 N–H and O–H groups in total. The average molecular weight is 325 g/mol. The normalized spacial score (nSPS) is 45.1. The summed E-state index contributed by atoms with van der Waals surface area (Å²) in [4.78, 5) is 0. The molecule has 0 radical (unpaired) electrons. The SMILES string of the molecule is CC12CC3CC(C)(C1)CC(NS(=O)(=O)c1cccs1)(C3)C2. The fourth-order valence-corrected chi connectivity index (χ4v) is 8.72. The van der Waals surface area contributed by atoms with Crippen molar-refractivity contribution in [1.29, 1.82) is 0 Å². The molecule has 0 saturated heterocycles. The van der Waals surface area contributed by atoms with Gasteiger partial charge < -0.3 is 0 Å². The number of thiophene rings is 1. The van der Waals surface area contributed by atoms with E-state index < -0.39 is 10.0 Å². The van der Waals surface area contributed by atoms with Gasteiger partial charge in [0, 0.05) is 5.54 Å². The summed E-state index contributed by atoms with van der Waals surface area (Å²) in [6.45, 7) is 4.73. The Labute approximate surface area is 131 Å². The van der Waals surface area contributed by atoms with Gasteiger partial charge >= 0.3 is 0 Å². The van der Waals surface area contributed by atoms with E-state index in [0.717, 1.165) is 19.3 Å². The summed E-state index contributed by atoms with van der Waals surface area (Å²) in [5.41, 5.74) is 0.448. The van der Waals surface area contributed by atoms with E-state index in [4.69, 9.17) is 0 Å². The monoisotopic (exact) mass is 325 g/mol. The quantitative estimate of drug-likeness (QED) is 0.919. The van der Waals surface area contributed by atoms with E-state index in [1.165, 1.54) is 30.6 Å². The van der Waals surface area contributed by atoms with Crippen molar-refractivity contribution in [3.05, 3.63) is 17.5 Å². The lowest BCUT2D eigenvalue weighted by atomic mass is 9.43. The first-order valence-corrected chi connectivity index (χ1v) is 10.2. The third kappa shape index (κ3) is 2.28. The fraction of sp³-hybridized carbons (Fsp3) is 0.750. The molecule has 4 bridgehead atoms. The number of nitrogens with one attached hydrogen (secondary N) is 1. The molecular formula is C16H23NO2S2. The Kier molecular flexibility index (Phi) is 2.79. The number of sulfonamides is 1. The van der Waals surface area contributed by atoms with Gasteiger partial charge in [-0.05, 0) is 66.7 Å². The van der Waals surface area contributed by atoms with Gasteiger partial charge in [-0.15, -0.1) is 11.3 Å². The van der Waals surface area contributed by atoms with Crippen LogP contribution in [0.3, 0.4) is 0 Å². The maximum absolute atomic E-state index is 12.7. The van der Waals surface area contributed by atoms with E-state index in [9.17, 15) is 8.42 Å². The summed E-state index contributed by atoms with van der Waals surface area (Å²) < 4.78 is 29.0. The lowest BCUT2D eigenvalue weighted by Crippen LogP contribution is -2.64.